The number of hydrogen-bond acceptors (Lipinski definition) is 5. The molecule has 5 heteroatoms. The average Bonchev–Trinajstić information content (AvgIpc) is 2.48. The van der Waals surface area contributed by atoms with E-state index in [1.54, 1.807) is 0 Å². The molecule has 4 N–H and O–H groups in total. The summed E-state index contributed by atoms with van der Waals surface area (Å²) in [5.41, 5.74) is -0.742. The van der Waals surface area contributed by atoms with Crippen molar-refractivity contribution in [2.45, 2.75) is 25.0 Å². The molecule has 1 rings (SSSR count). The predicted octanol–water partition coefficient (Wildman–Crippen LogP) is 0.149. The summed E-state index contributed by atoms with van der Waals surface area (Å²) in [5, 5.41) is 31.3. The number of β-amino-alcohol motifs (C(OH)–C–C–N with tert-alkyl or cyclic N) is 1. The van der Waals surface area contributed by atoms with Gasteiger partial charge in [-0.15, -0.1) is 0 Å². The van der Waals surface area contributed by atoms with E-state index < -0.39 is 11.6 Å². The highest BCUT2D eigenvalue weighted by atomic mass is 16.5. The van der Waals surface area contributed by atoms with Gasteiger partial charge in [-0.1, -0.05) is 25.1 Å². The van der Waals surface area contributed by atoms with Crippen LogP contribution in [0.1, 0.15) is 13.3 Å². The predicted molar refractivity (Wildman–Crippen MR) is 73.1 cm³/mol. The van der Waals surface area contributed by atoms with Gasteiger partial charge in [0.05, 0.1) is 18.8 Å². The topological polar surface area (TPSA) is 82.0 Å². The van der Waals surface area contributed by atoms with Gasteiger partial charge < -0.3 is 25.4 Å². The normalized spacial score (nSPS) is 13.3. The highest BCUT2D eigenvalue weighted by Crippen LogP contribution is 2.10. The van der Waals surface area contributed by atoms with Gasteiger partial charge >= 0.3 is 0 Å². The SMILES string of the molecule is CCC(CO)(CO)NCC(O)COc1ccccc1. The van der Waals surface area contributed by atoms with Gasteiger partial charge in [-0.3, -0.25) is 0 Å². The first kappa shape index (κ1) is 15.9. The second kappa shape index (κ2) is 8.12. The lowest BCUT2D eigenvalue weighted by Crippen LogP contribution is -2.54. The van der Waals surface area contributed by atoms with Crippen LogP contribution in [0.3, 0.4) is 0 Å². The van der Waals surface area contributed by atoms with Crippen LogP contribution in [0.4, 0.5) is 0 Å². The van der Waals surface area contributed by atoms with E-state index in [9.17, 15) is 15.3 Å². The third-order valence-corrected chi connectivity index (χ3v) is 3.18. The Hall–Kier alpha value is -1.14. The molecule has 0 heterocycles. The van der Waals surface area contributed by atoms with Gasteiger partial charge in [0.25, 0.3) is 0 Å². The molecule has 0 bridgehead atoms. The lowest BCUT2D eigenvalue weighted by atomic mass is 9.98. The third-order valence-electron chi connectivity index (χ3n) is 3.18. The van der Waals surface area contributed by atoms with Gasteiger partial charge in [-0.2, -0.15) is 0 Å². The van der Waals surface area contributed by atoms with Crippen molar-refractivity contribution >= 4 is 0 Å². The first-order valence-corrected chi connectivity index (χ1v) is 6.48. The molecule has 1 atom stereocenters. The molecular weight excluding hydrogens is 246 g/mol. The second-order valence-corrected chi connectivity index (χ2v) is 4.61. The first-order valence-electron chi connectivity index (χ1n) is 6.48. The number of aliphatic hydroxyl groups is 3. The highest BCUT2D eigenvalue weighted by Gasteiger charge is 2.26. The first-order chi connectivity index (χ1) is 9.15. The van der Waals surface area contributed by atoms with E-state index in [1.165, 1.54) is 0 Å². The molecule has 1 aromatic carbocycles. The largest absolute Gasteiger partial charge is 0.491 e. The summed E-state index contributed by atoms with van der Waals surface area (Å²) in [6, 6.07) is 9.25. The van der Waals surface area contributed by atoms with Crippen molar-refractivity contribution in [2.75, 3.05) is 26.4 Å². The maximum absolute atomic E-state index is 9.81. The summed E-state index contributed by atoms with van der Waals surface area (Å²) in [6.07, 6.45) is -0.129. The van der Waals surface area contributed by atoms with Crippen LogP contribution in [-0.2, 0) is 0 Å². The Morgan fingerprint density at radius 1 is 1.21 bits per heavy atom. The van der Waals surface area contributed by atoms with Crippen LogP contribution in [-0.4, -0.2) is 53.3 Å². The molecule has 0 amide bonds. The Balaban J connectivity index is 2.33. The van der Waals surface area contributed by atoms with Crippen molar-refractivity contribution in [3.05, 3.63) is 30.3 Å². The van der Waals surface area contributed by atoms with Gasteiger partial charge in [0, 0.05) is 6.54 Å². The molecular formula is C14H23NO4. The number of aliphatic hydroxyl groups excluding tert-OH is 3. The molecule has 108 valence electrons. The van der Waals surface area contributed by atoms with Crippen molar-refractivity contribution in [2.24, 2.45) is 0 Å². The Labute approximate surface area is 113 Å². The van der Waals surface area contributed by atoms with Crippen LogP contribution in [0, 0.1) is 0 Å². The van der Waals surface area contributed by atoms with Crippen LogP contribution in [0.15, 0.2) is 30.3 Å². The van der Waals surface area contributed by atoms with Crippen LogP contribution >= 0.6 is 0 Å². The number of ether oxygens (including phenoxy) is 1. The fraction of sp³-hybridized carbons (Fsp3) is 0.571. The van der Waals surface area contributed by atoms with E-state index in [0.717, 1.165) is 0 Å². The fourth-order valence-corrected chi connectivity index (χ4v) is 1.61. The molecule has 0 aliphatic heterocycles. The van der Waals surface area contributed by atoms with E-state index in [0.29, 0.717) is 12.2 Å². The minimum absolute atomic E-state index is 0.160. The molecule has 0 aliphatic rings. The number of para-hydroxylation sites is 1. The van der Waals surface area contributed by atoms with Crippen LogP contribution in [0.2, 0.25) is 0 Å². The van der Waals surface area contributed by atoms with Crippen LogP contribution in [0.25, 0.3) is 0 Å². The van der Waals surface area contributed by atoms with Gasteiger partial charge in [0.1, 0.15) is 18.5 Å². The highest BCUT2D eigenvalue weighted by molar-refractivity contribution is 5.20. The third kappa shape index (κ3) is 5.16. The molecule has 0 radical (unpaired) electrons. The molecule has 19 heavy (non-hydrogen) atoms. The fourth-order valence-electron chi connectivity index (χ4n) is 1.61. The van der Waals surface area contributed by atoms with Crippen LogP contribution in [0.5, 0.6) is 5.75 Å². The minimum Gasteiger partial charge on any atom is -0.491 e. The number of nitrogens with one attached hydrogen (secondary N) is 1. The van der Waals surface area contributed by atoms with E-state index in [4.69, 9.17) is 4.74 Å². The molecule has 0 saturated heterocycles. The summed E-state index contributed by atoms with van der Waals surface area (Å²) >= 11 is 0. The van der Waals surface area contributed by atoms with Crippen molar-refractivity contribution in [3.8, 4) is 5.75 Å². The van der Waals surface area contributed by atoms with Crippen molar-refractivity contribution < 1.29 is 20.1 Å². The lowest BCUT2D eigenvalue weighted by Gasteiger charge is -2.30. The van der Waals surface area contributed by atoms with Gasteiger partial charge in [-0.05, 0) is 18.6 Å². The Kier molecular flexibility index (Phi) is 6.80. The van der Waals surface area contributed by atoms with Crippen LogP contribution < -0.4 is 10.1 Å². The molecule has 5 nitrogen and oxygen atoms in total. The van der Waals surface area contributed by atoms with Gasteiger partial charge in [0.15, 0.2) is 0 Å². The molecule has 1 aromatic rings. The number of benzene rings is 1. The number of rotatable bonds is 9. The smallest absolute Gasteiger partial charge is 0.119 e. The lowest BCUT2D eigenvalue weighted by molar-refractivity contribution is 0.0568. The van der Waals surface area contributed by atoms with E-state index in [-0.39, 0.29) is 26.4 Å². The van der Waals surface area contributed by atoms with Crippen molar-refractivity contribution in [1.29, 1.82) is 0 Å². The molecule has 0 aromatic heterocycles. The Bertz CT molecular complexity index is 332. The molecule has 0 fully saturated rings. The summed E-state index contributed by atoms with van der Waals surface area (Å²) in [4.78, 5) is 0. The standard InChI is InChI=1S/C14H23NO4/c1-2-14(10-16,11-17)15-8-12(18)9-19-13-6-4-3-5-7-13/h3-7,12,15-18H,2,8-11H2,1H3. The molecule has 0 aliphatic carbocycles. The second-order valence-electron chi connectivity index (χ2n) is 4.61. The average molecular weight is 269 g/mol. The number of hydrogen-bond donors (Lipinski definition) is 4. The molecule has 0 saturated carbocycles. The Morgan fingerprint density at radius 3 is 2.37 bits per heavy atom. The zero-order valence-corrected chi connectivity index (χ0v) is 11.2. The van der Waals surface area contributed by atoms with E-state index >= 15 is 0 Å². The van der Waals surface area contributed by atoms with Crippen molar-refractivity contribution in [3.63, 3.8) is 0 Å². The zero-order valence-electron chi connectivity index (χ0n) is 11.2. The maximum Gasteiger partial charge on any atom is 0.119 e. The zero-order chi connectivity index (χ0) is 14.1. The molecule has 0 spiro atoms. The van der Waals surface area contributed by atoms with Crippen molar-refractivity contribution in [1.82, 2.24) is 5.32 Å². The molecule has 1 unspecified atom stereocenters. The summed E-state index contributed by atoms with van der Waals surface area (Å²) < 4.78 is 5.42. The maximum atomic E-state index is 9.81. The van der Waals surface area contributed by atoms with Gasteiger partial charge in [-0.25, -0.2) is 0 Å². The summed E-state index contributed by atoms with van der Waals surface area (Å²) in [7, 11) is 0. The Morgan fingerprint density at radius 2 is 1.84 bits per heavy atom. The quantitative estimate of drug-likeness (QED) is 0.513. The minimum atomic E-state index is -0.742. The summed E-state index contributed by atoms with van der Waals surface area (Å²) in [5.74, 6) is 0.702. The van der Waals surface area contributed by atoms with E-state index in [2.05, 4.69) is 5.32 Å². The summed E-state index contributed by atoms with van der Waals surface area (Å²) in [6.45, 7) is 1.93. The monoisotopic (exact) mass is 269 g/mol. The van der Waals surface area contributed by atoms with E-state index in [1.807, 2.05) is 37.3 Å². The van der Waals surface area contributed by atoms with Gasteiger partial charge in [0.2, 0.25) is 0 Å².